The summed E-state index contributed by atoms with van der Waals surface area (Å²) in [5.41, 5.74) is 0.897. The van der Waals surface area contributed by atoms with Gasteiger partial charge in [0.1, 0.15) is 31.0 Å². The van der Waals surface area contributed by atoms with Gasteiger partial charge in [-0.3, -0.25) is 4.79 Å². The maximum Gasteiger partial charge on any atom is 0.217 e. The number of benzene rings is 1. The molecule has 1 saturated heterocycles. The minimum atomic E-state index is -1.22. The molecule has 1 aromatic carbocycles. The molecule has 8 nitrogen and oxygen atoms in total. The second-order valence-corrected chi connectivity index (χ2v) is 5.67. The van der Waals surface area contributed by atoms with Crippen molar-refractivity contribution in [3.63, 3.8) is 0 Å². The van der Waals surface area contributed by atoms with Gasteiger partial charge in [-0.25, -0.2) is 0 Å². The van der Waals surface area contributed by atoms with E-state index in [-0.39, 0.29) is 19.1 Å². The Labute approximate surface area is 145 Å². The molecule has 1 heterocycles. The number of aliphatic hydroxyl groups is 2. The Balaban J connectivity index is 2.16. The number of carbonyl (C=O) groups is 1. The minimum absolute atomic E-state index is 0.209. The number of hydrogen-bond donors (Lipinski definition) is 3. The van der Waals surface area contributed by atoms with Crippen LogP contribution < -0.4 is 5.32 Å². The molecule has 0 saturated carbocycles. The Morgan fingerprint density at radius 3 is 2.68 bits per heavy atom. The van der Waals surface area contributed by atoms with Crippen LogP contribution >= 0.6 is 0 Å². The average Bonchev–Trinajstić information content (AvgIpc) is 2.61. The first kappa shape index (κ1) is 19.3. The van der Waals surface area contributed by atoms with Gasteiger partial charge < -0.3 is 29.7 Å². The lowest BCUT2D eigenvalue weighted by molar-refractivity contribution is -0.278. The van der Waals surface area contributed by atoms with E-state index in [0.29, 0.717) is 0 Å². The molecule has 0 spiro atoms. The summed E-state index contributed by atoms with van der Waals surface area (Å²) < 4.78 is 16.7. The molecular weight excluding hydrogens is 328 g/mol. The van der Waals surface area contributed by atoms with E-state index in [1.54, 1.807) is 0 Å². The number of rotatable bonds is 7. The van der Waals surface area contributed by atoms with Crippen LogP contribution in [0.2, 0.25) is 0 Å². The Kier molecular flexibility index (Phi) is 7.31. The van der Waals surface area contributed by atoms with Crippen LogP contribution in [0.5, 0.6) is 0 Å². The molecular formula is C17H22N2O6. The Hall–Kier alpha value is -2.02. The summed E-state index contributed by atoms with van der Waals surface area (Å²) in [6.45, 7) is 0.799. The monoisotopic (exact) mass is 350 g/mol. The van der Waals surface area contributed by atoms with Crippen molar-refractivity contribution in [1.82, 2.24) is 5.32 Å². The second kappa shape index (κ2) is 9.46. The first-order valence-electron chi connectivity index (χ1n) is 7.92. The van der Waals surface area contributed by atoms with E-state index < -0.39 is 37.3 Å². The lowest BCUT2D eigenvalue weighted by Crippen LogP contribution is -2.65. The minimum Gasteiger partial charge on any atom is -0.394 e. The highest BCUT2D eigenvalue weighted by Gasteiger charge is 2.46. The van der Waals surface area contributed by atoms with Crippen molar-refractivity contribution in [2.45, 2.75) is 44.2 Å². The highest BCUT2D eigenvalue weighted by atomic mass is 16.7. The van der Waals surface area contributed by atoms with Gasteiger partial charge in [0, 0.05) is 6.92 Å². The number of nitrogens with one attached hydrogen (secondary N) is 1. The number of amides is 1. The summed E-state index contributed by atoms with van der Waals surface area (Å²) in [7, 11) is 0. The zero-order valence-corrected chi connectivity index (χ0v) is 13.9. The van der Waals surface area contributed by atoms with Crippen LogP contribution in [0.25, 0.3) is 0 Å². The largest absolute Gasteiger partial charge is 0.394 e. The van der Waals surface area contributed by atoms with Gasteiger partial charge in [0.15, 0.2) is 6.29 Å². The molecule has 8 heteroatoms. The number of carbonyl (C=O) groups excluding carboxylic acids is 1. The SMILES string of the molecule is CC(=O)N[C@@H]1[C@H](OCc2ccccc2)O[C@@H](CO)[C@@H](O)[C@H]1OCC#N. The van der Waals surface area contributed by atoms with E-state index in [4.69, 9.17) is 19.5 Å². The lowest BCUT2D eigenvalue weighted by atomic mass is 9.96. The molecule has 1 amide bonds. The van der Waals surface area contributed by atoms with E-state index in [9.17, 15) is 15.0 Å². The van der Waals surface area contributed by atoms with E-state index >= 15 is 0 Å². The van der Waals surface area contributed by atoms with Gasteiger partial charge in [0.2, 0.25) is 5.91 Å². The average molecular weight is 350 g/mol. The van der Waals surface area contributed by atoms with Gasteiger partial charge in [-0.1, -0.05) is 30.3 Å². The molecule has 0 radical (unpaired) electrons. The highest BCUT2D eigenvalue weighted by Crippen LogP contribution is 2.25. The Morgan fingerprint density at radius 1 is 1.36 bits per heavy atom. The third-order valence-electron chi connectivity index (χ3n) is 3.82. The first-order valence-corrected chi connectivity index (χ1v) is 7.92. The molecule has 0 aliphatic carbocycles. The van der Waals surface area contributed by atoms with Crippen molar-refractivity contribution in [3.8, 4) is 6.07 Å². The maximum absolute atomic E-state index is 11.5. The van der Waals surface area contributed by atoms with Crippen LogP contribution in [0.4, 0.5) is 0 Å². The summed E-state index contributed by atoms with van der Waals surface area (Å²) in [4.78, 5) is 11.5. The van der Waals surface area contributed by atoms with E-state index in [2.05, 4.69) is 5.32 Å². The molecule has 0 unspecified atom stereocenters. The molecule has 0 bridgehead atoms. The number of nitriles is 1. The summed E-state index contributed by atoms with van der Waals surface area (Å²) >= 11 is 0. The maximum atomic E-state index is 11.5. The van der Waals surface area contributed by atoms with Gasteiger partial charge in [-0.2, -0.15) is 5.26 Å². The summed E-state index contributed by atoms with van der Waals surface area (Å²) in [6, 6.07) is 10.4. The number of hydrogen-bond acceptors (Lipinski definition) is 7. The predicted octanol–water partition coefficient (Wildman–Crippen LogP) is -0.305. The van der Waals surface area contributed by atoms with E-state index in [0.717, 1.165) is 5.56 Å². The van der Waals surface area contributed by atoms with Crippen molar-refractivity contribution in [1.29, 1.82) is 5.26 Å². The van der Waals surface area contributed by atoms with Gasteiger partial charge >= 0.3 is 0 Å². The van der Waals surface area contributed by atoms with Crippen molar-refractivity contribution in [2.24, 2.45) is 0 Å². The van der Waals surface area contributed by atoms with E-state index in [1.807, 2.05) is 36.4 Å². The Bertz CT molecular complexity index is 591. The zero-order valence-electron chi connectivity index (χ0n) is 13.9. The zero-order chi connectivity index (χ0) is 18.2. The quantitative estimate of drug-likeness (QED) is 0.617. The number of ether oxygens (including phenoxy) is 3. The highest BCUT2D eigenvalue weighted by molar-refractivity contribution is 5.73. The third kappa shape index (κ3) is 5.22. The van der Waals surface area contributed by atoms with Crippen LogP contribution in [0.1, 0.15) is 12.5 Å². The summed E-state index contributed by atoms with van der Waals surface area (Å²) in [6.07, 6.45) is -4.06. The van der Waals surface area contributed by atoms with Crippen molar-refractivity contribution >= 4 is 5.91 Å². The molecule has 1 aliphatic rings. The van der Waals surface area contributed by atoms with Gasteiger partial charge in [0.05, 0.1) is 19.3 Å². The fraction of sp³-hybridized carbons (Fsp3) is 0.529. The molecule has 5 atom stereocenters. The molecule has 1 fully saturated rings. The molecule has 0 aromatic heterocycles. The molecule has 1 aromatic rings. The fourth-order valence-corrected chi connectivity index (χ4v) is 2.68. The smallest absolute Gasteiger partial charge is 0.217 e. The van der Waals surface area contributed by atoms with Crippen molar-refractivity contribution < 1.29 is 29.2 Å². The van der Waals surface area contributed by atoms with Crippen LogP contribution in [0.15, 0.2) is 30.3 Å². The van der Waals surface area contributed by atoms with Crippen molar-refractivity contribution in [3.05, 3.63) is 35.9 Å². The van der Waals surface area contributed by atoms with Crippen LogP contribution in [0, 0.1) is 11.3 Å². The molecule has 3 N–H and O–H groups in total. The standard InChI is InChI=1S/C17H22N2O6/c1-11(21)19-14-16(23-8-7-18)15(22)13(9-20)25-17(14)24-10-12-5-3-2-4-6-12/h2-6,13-17,20,22H,8-10H2,1H3,(H,19,21)/t13-,14-,15+,16-,17+/m0/s1. The van der Waals surface area contributed by atoms with Gasteiger partial charge in [-0.05, 0) is 5.56 Å². The molecule has 136 valence electrons. The molecule has 25 heavy (non-hydrogen) atoms. The van der Waals surface area contributed by atoms with Crippen LogP contribution in [-0.4, -0.2) is 60.0 Å². The van der Waals surface area contributed by atoms with Gasteiger partial charge in [-0.15, -0.1) is 0 Å². The molecule has 1 aliphatic heterocycles. The van der Waals surface area contributed by atoms with Crippen molar-refractivity contribution in [2.75, 3.05) is 13.2 Å². The first-order chi connectivity index (χ1) is 12.1. The van der Waals surface area contributed by atoms with E-state index in [1.165, 1.54) is 6.92 Å². The predicted molar refractivity (Wildman–Crippen MR) is 85.9 cm³/mol. The van der Waals surface area contributed by atoms with Crippen LogP contribution in [0.3, 0.4) is 0 Å². The lowest BCUT2D eigenvalue weighted by Gasteiger charge is -2.43. The fourth-order valence-electron chi connectivity index (χ4n) is 2.68. The second-order valence-electron chi connectivity index (χ2n) is 5.67. The normalized spacial score (nSPS) is 29.0. The number of nitrogens with zero attached hydrogens (tertiary/aromatic N) is 1. The summed E-state index contributed by atoms with van der Waals surface area (Å²) in [5.74, 6) is -0.359. The van der Waals surface area contributed by atoms with Crippen LogP contribution in [-0.2, 0) is 25.6 Å². The third-order valence-corrected chi connectivity index (χ3v) is 3.82. The molecule has 2 rings (SSSR count). The Morgan fingerprint density at radius 2 is 2.08 bits per heavy atom. The summed E-state index contributed by atoms with van der Waals surface area (Å²) in [5, 5.41) is 31.1. The van der Waals surface area contributed by atoms with Gasteiger partial charge in [0.25, 0.3) is 0 Å². The topological polar surface area (TPSA) is 121 Å². The number of aliphatic hydroxyl groups excluding tert-OH is 2.